The monoisotopic (exact) mass is 330 g/mol. The first kappa shape index (κ1) is 16.3. The first-order chi connectivity index (χ1) is 11.6. The molecule has 0 aliphatic carbocycles. The van der Waals surface area contributed by atoms with E-state index in [1.54, 1.807) is 0 Å². The second-order valence-electron chi connectivity index (χ2n) is 6.58. The maximum Gasteiger partial charge on any atom is 0.152 e. The molecular formula is C21H22N2Si. The quantitative estimate of drug-likeness (QED) is 0.664. The molecule has 0 fully saturated rings. The maximum absolute atomic E-state index is 4.51. The molecule has 3 rings (SSSR count). The largest absolute Gasteiger partial charge is 0.246 e. The molecule has 0 radical (unpaired) electrons. The Labute approximate surface area is 145 Å². The van der Waals surface area contributed by atoms with Gasteiger partial charge in [-0.1, -0.05) is 79.0 Å². The molecule has 0 unspecified atom stereocenters. The van der Waals surface area contributed by atoms with Gasteiger partial charge in [-0.15, -0.1) is 0 Å². The summed E-state index contributed by atoms with van der Waals surface area (Å²) < 4.78 is 0. The zero-order valence-corrected chi connectivity index (χ0v) is 15.4. The van der Waals surface area contributed by atoms with Gasteiger partial charge in [-0.2, -0.15) is 0 Å². The Hall–Kier alpha value is -2.52. The van der Waals surface area contributed by atoms with Crippen LogP contribution in [0.5, 0.6) is 0 Å². The Morgan fingerprint density at radius 1 is 0.792 bits per heavy atom. The van der Waals surface area contributed by atoms with Crippen LogP contribution in [-0.4, -0.2) is 18.0 Å². The third kappa shape index (κ3) is 3.69. The van der Waals surface area contributed by atoms with Gasteiger partial charge in [0.2, 0.25) is 0 Å². The van der Waals surface area contributed by atoms with Gasteiger partial charge < -0.3 is 0 Å². The van der Waals surface area contributed by atoms with Crippen molar-refractivity contribution in [3.8, 4) is 0 Å². The van der Waals surface area contributed by atoms with E-state index in [-0.39, 0.29) is 0 Å². The summed E-state index contributed by atoms with van der Waals surface area (Å²) in [5, 5.41) is 0. The van der Waals surface area contributed by atoms with Crippen LogP contribution in [0.3, 0.4) is 0 Å². The van der Waals surface area contributed by atoms with Crippen LogP contribution < -0.4 is 5.45 Å². The fourth-order valence-corrected chi connectivity index (χ4v) is 4.74. The van der Waals surface area contributed by atoms with Gasteiger partial charge in [-0.3, -0.25) is 0 Å². The third-order valence-electron chi connectivity index (χ3n) is 4.09. The molecule has 2 nitrogen and oxygen atoms in total. The highest BCUT2D eigenvalue weighted by molar-refractivity contribution is 6.93. The van der Waals surface area contributed by atoms with Gasteiger partial charge in [0.25, 0.3) is 0 Å². The van der Waals surface area contributed by atoms with Crippen LogP contribution >= 0.6 is 0 Å². The lowest BCUT2D eigenvalue weighted by Gasteiger charge is -2.19. The molecule has 3 aromatic rings. The van der Waals surface area contributed by atoms with Gasteiger partial charge in [0.15, 0.2) is 8.07 Å². The number of hydrogen-bond acceptors (Lipinski definition) is 2. The molecule has 0 bridgehead atoms. The molecule has 0 aliphatic heterocycles. The van der Waals surface area contributed by atoms with E-state index >= 15 is 0 Å². The Morgan fingerprint density at radius 3 is 2.00 bits per heavy atom. The molecule has 0 atom stereocenters. The third-order valence-corrected chi connectivity index (χ3v) is 6.52. The standard InChI is InChI=1S/C21H22N2Si/c1-17-10-12-19(13-11-17)20(18-8-5-4-6-9-18)16-24(2,3)21-22-14-7-15-23-21/h4-16H,1-3H3/b20-16-. The number of aryl methyl sites for hydroxylation is 1. The fourth-order valence-electron chi connectivity index (χ4n) is 2.74. The summed E-state index contributed by atoms with van der Waals surface area (Å²) >= 11 is 0. The SMILES string of the molecule is Cc1ccc(/C(=C\[Si](C)(C)c2ncccn2)c2ccccc2)cc1. The highest BCUT2D eigenvalue weighted by Gasteiger charge is 2.25. The van der Waals surface area contributed by atoms with E-state index in [1.807, 2.05) is 18.5 Å². The first-order valence-corrected chi connectivity index (χ1v) is 11.3. The Morgan fingerprint density at radius 2 is 1.38 bits per heavy atom. The van der Waals surface area contributed by atoms with E-state index in [0.29, 0.717) is 0 Å². The van der Waals surface area contributed by atoms with Crippen LogP contribution in [-0.2, 0) is 0 Å². The molecule has 0 aliphatic rings. The van der Waals surface area contributed by atoms with Crippen LogP contribution in [0.15, 0.2) is 78.8 Å². The van der Waals surface area contributed by atoms with Crippen molar-refractivity contribution < 1.29 is 0 Å². The lowest BCUT2D eigenvalue weighted by atomic mass is 9.99. The van der Waals surface area contributed by atoms with Gasteiger partial charge in [-0.05, 0) is 29.7 Å². The minimum absolute atomic E-state index is 0.963. The molecule has 3 heteroatoms. The van der Waals surface area contributed by atoms with Crippen molar-refractivity contribution in [1.29, 1.82) is 0 Å². The van der Waals surface area contributed by atoms with Crippen molar-refractivity contribution in [2.24, 2.45) is 0 Å². The van der Waals surface area contributed by atoms with E-state index in [4.69, 9.17) is 0 Å². The number of nitrogens with zero attached hydrogens (tertiary/aromatic N) is 2. The highest BCUT2D eigenvalue weighted by atomic mass is 28.3. The average molecular weight is 331 g/mol. The molecular weight excluding hydrogens is 308 g/mol. The van der Waals surface area contributed by atoms with Gasteiger partial charge in [-0.25, -0.2) is 9.97 Å². The second-order valence-corrected chi connectivity index (χ2v) is 10.8. The summed E-state index contributed by atoms with van der Waals surface area (Å²) in [6.07, 6.45) is 3.66. The zero-order valence-electron chi connectivity index (χ0n) is 14.4. The Kier molecular flexibility index (Phi) is 4.72. The normalized spacial score (nSPS) is 12.2. The maximum atomic E-state index is 4.51. The number of hydrogen-bond donors (Lipinski definition) is 0. The summed E-state index contributed by atoms with van der Waals surface area (Å²) in [4.78, 5) is 9.02. The average Bonchev–Trinajstić information content (AvgIpc) is 2.62. The lowest BCUT2D eigenvalue weighted by Crippen LogP contribution is -2.44. The molecule has 0 N–H and O–H groups in total. The van der Waals surface area contributed by atoms with Crippen molar-refractivity contribution in [2.45, 2.75) is 20.0 Å². The lowest BCUT2D eigenvalue weighted by molar-refractivity contribution is 1.22. The van der Waals surface area contributed by atoms with Crippen molar-refractivity contribution in [3.63, 3.8) is 0 Å². The van der Waals surface area contributed by atoms with Crippen molar-refractivity contribution >= 4 is 19.1 Å². The van der Waals surface area contributed by atoms with Crippen LogP contribution in [0.4, 0.5) is 0 Å². The zero-order chi connectivity index (χ0) is 17.0. The molecule has 0 amide bonds. The van der Waals surface area contributed by atoms with E-state index in [0.717, 1.165) is 5.45 Å². The molecule has 0 spiro atoms. The first-order valence-electron chi connectivity index (χ1n) is 8.19. The fraction of sp³-hybridized carbons (Fsp3) is 0.143. The Bertz CT molecular complexity index is 823. The number of rotatable bonds is 4. The highest BCUT2D eigenvalue weighted by Crippen LogP contribution is 2.26. The minimum atomic E-state index is -1.91. The molecule has 120 valence electrons. The van der Waals surface area contributed by atoms with Crippen molar-refractivity contribution in [2.75, 3.05) is 0 Å². The number of benzene rings is 2. The topological polar surface area (TPSA) is 25.8 Å². The van der Waals surface area contributed by atoms with Crippen molar-refractivity contribution in [3.05, 3.63) is 95.4 Å². The molecule has 1 aromatic heterocycles. The molecule has 2 aromatic carbocycles. The van der Waals surface area contributed by atoms with Crippen LogP contribution in [0.1, 0.15) is 16.7 Å². The van der Waals surface area contributed by atoms with Gasteiger partial charge >= 0.3 is 0 Å². The van der Waals surface area contributed by atoms with Gasteiger partial charge in [0.05, 0.1) is 0 Å². The van der Waals surface area contributed by atoms with E-state index in [9.17, 15) is 0 Å². The predicted molar refractivity (Wildman–Crippen MR) is 104 cm³/mol. The summed E-state index contributed by atoms with van der Waals surface area (Å²) in [5.74, 6) is 0. The number of aromatic nitrogens is 2. The smallest absolute Gasteiger partial charge is 0.152 e. The molecule has 0 saturated heterocycles. The molecule has 0 saturated carbocycles. The summed E-state index contributed by atoms with van der Waals surface area (Å²) in [7, 11) is -1.91. The van der Waals surface area contributed by atoms with E-state index in [2.05, 4.69) is 90.3 Å². The van der Waals surface area contributed by atoms with Crippen LogP contribution in [0.25, 0.3) is 5.57 Å². The summed E-state index contributed by atoms with van der Waals surface area (Å²) in [5.41, 5.74) is 8.38. The second kappa shape index (κ2) is 6.93. The molecule has 1 heterocycles. The summed E-state index contributed by atoms with van der Waals surface area (Å²) in [6, 6.07) is 21.2. The van der Waals surface area contributed by atoms with E-state index in [1.165, 1.54) is 22.3 Å². The van der Waals surface area contributed by atoms with Crippen LogP contribution in [0, 0.1) is 6.92 Å². The van der Waals surface area contributed by atoms with Gasteiger partial charge in [0, 0.05) is 12.4 Å². The van der Waals surface area contributed by atoms with E-state index < -0.39 is 8.07 Å². The van der Waals surface area contributed by atoms with Gasteiger partial charge in [0.1, 0.15) is 5.45 Å². The Balaban J connectivity index is 2.12. The minimum Gasteiger partial charge on any atom is -0.246 e. The predicted octanol–water partition coefficient (Wildman–Crippen LogP) is 4.37. The summed E-state index contributed by atoms with van der Waals surface area (Å²) in [6.45, 7) is 6.70. The molecule has 24 heavy (non-hydrogen) atoms. The van der Waals surface area contributed by atoms with Crippen LogP contribution in [0.2, 0.25) is 13.1 Å². The van der Waals surface area contributed by atoms with Crippen molar-refractivity contribution in [1.82, 2.24) is 9.97 Å².